The molecule has 42 heavy (non-hydrogen) atoms. The molecule has 4 aromatic carbocycles. The maximum atomic E-state index is 14.3. The number of halogens is 1. The zero-order valence-electron chi connectivity index (χ0n) is 23.8. The molecule has 0 fully saturated rings. The summed E-state index contributed by atoms with van der Waals surface area (Å²) in [5.74, 6) is -0.838. The highest BCUT2D eigenvalue weighted by Gasteiger charge is 2.34. The second-order valence-electron chi connectivity index (χ2n) is 10.1. The molecule has 4 rings (SSSR count). The van der Waals surface area contributed by atoms with Gasteiger partial charge in [-0.15, -0.1) is 0 Å². The van der Waals surface area contributed by atoms with E-state index in [0.29, 0.717) is 11.3 Å². The molecular formula is C33H34BrN3O4S. The van der Waals surface area contributed by atoms with E-state index in [0.717, 1.165) is 25.5 Å². The second-order valence-corrected chi connectivity index (χ2v) is 12.9. The molecule has 0 aliphatic heterocycles. The molecule has 0 aliphatic rings. The molecule has 0 saturated heterocycles. The van der Waals surface area contributed by atoms with Gasteiger partial charge in [-0.3, -0.25) is 13.9 Å². The number of sulfonamides is 1. The zero-order valence-corrected chi connectivity index (χ0v) is 26.2. The minimum absolute atomic E-state index is 0.0735. The highest BCUT2D eigenvalue weighted by atomic mass is 79.9. The van der Waals surface area contributed by atoms with Crippen LogP contribution in [0.25, 0.3) is 0 Å². The number of benzene rings is 4. The molecule has 0 radical (unpaired) electrons. The van der Waals surface area contributed by atoms with Crippen LogP contribution in [0.2, 0.25) is 0 Å². The fourth-order valence-corrected chi connectivity index (χ4v) is 6.59. The number of carbonyl (C=O) groups is 2. The Kier molecular flexibility index (Phi) is 10.2. The lowest BCUT2D eigenvalue weighted by Gasteiger charge is -2.34. The van der Waals surface area contributed by atoms with Crippen LogP contribution in [-0.4, -0.2) is 44.8 Å². The molecule has 0 heterocycles. The van der Waals surface area contributed by atoms with Crippen molar-refractivity contribution in [2.24, 2.45) is 0 Å². The summed E-state index contributed by atoms with van der Waals surface area (Å²) < 4.78 is 30.1. The van der Waals surface area contributed by atoms with Crippen LogP contribution in [0.4, 0.5) is 5.69 Å². The first-order chi connectivity index (χ1) is 20.1. The van der Waals surface area contributed by atoms with E-state index in [1.54, 1.807) is 24.3 Å². The predicted molar refractivity (Wildman–Crippen MR) is 170 cm³/mol. The van der Waals surface area contributed by atoms with Gasteiger partial charge in [-0.1, -0.05) is 94.3 Å². The van der Waals surface area contributed by atoms with E-state index in [1.807, 2.05) is 80.6 Å². The molecule has 2 amide bonds. The molecule has 1 N–H and O–H groups in total. The van der Waals surface area contributed by atoms with Gasteiger partial charge in [-0.25, -0.2) is 8.42 Å². The van der Waals surface area contributed by atoms with E-state index in [4.69, 9.17) is 0 Å². The van der Waals surface area contributed by atoms with Crippen LogP contribution < -0.4 is 9.62 Å². The smallest absolute Gasteiger partial charge is 0.264 e. The molecule has 218 valence electrons. The third-order valence-electron chi connectivity index (χ3n) is 7.01. The van der Waals surface area contributed by atoms with E-state index in [9.17, 15) is 18.0 Å². The van der Waals surface area contributed by atoms with Crippen LogP contribution in [0.15, 0.2) is 112 Å². The number of nitrogens with zero attached hydrogens (tertiary/aromatic N) is 2. The highest BCUT2D eigenvalue weighted by Crippen LogP contribution is 2.28. The number of hydrogen-bond donors (Lipinski definition) is 1. The van der Waals surface area contributed by atoms with Crippen LogP contribution in [0.5, 0.6) is 0 Å². The molecule has 0 saturated carbocycles. The molecule has 9 heteroatoms. The van der Waals surface area contributed by atoms with Crippen molar-refractivity contribution in [1.82, 2.24) is 10.2 Å². The number of rotatable bonds is 11. The Morgan fingerprint density at radius 2 is 1.45 bits per heavy atom. The summed E-state index contributed by atoms with van der Waals surface area (Å²) in [6, 6.07) is 29.5. The summed E-state index contributed by atoms with van der Waals surface area (Å²) in [5, 5.41) is 2.70. The molecule has 0 unspecified atom stereocenters. The summed E-state index contributed by atoms with van der Waals surface area (Å²) in [7, 11) is -2.60. The van der Waals surface area contributed by atoms with E-state index < -0.39 is 28.5 Å². The van der Waals surface area contributed by atoms with Gasteiger partial charge in [0.2, 0.25) is 11.8 Å². The molecule has 0 aliphatic carbocycles. The number of nitrogens with one attached hydrogen (secondary N) is 1. The average Bonchev–Trinajstić information content (AvgIpc) is 2.99. The Bertz CT molecular complexity index is 1630. The van der Waals surface area contributed by atoms with Crippen molar-refractivity contribution in [3.63, 3.8) is 0 Å². The zero-order chi connectivity index (χ0) is 30.3. The first kappa shape index (κ1) is 31.0. The van der Waals surface area contributed by atoms with Gasteiger partial charge in [0, 0.05) is 24.5 Å². The van der Waals surface area contributed by atoms with E-state index >= 15 is 0 Å². The summed E-state index contributed by atoms with van der Waals surface area (Å²) >= 11 is 3.44. The maximum absolute atomic E-state index is 14.3. The number of carbonyl (C=O) groups excluding carboxylic acids is 2. The maximum Gasteiger partial charge on any atom is 0.264 e. The average molecular weight is 649 g/mol. The van der Waals surface area contributed by atoms with Crippen molar-refractivity contribution in [1.29, 1.82) is 0 Å². The number of hydrogen-bond acceptors (Lipinski definition) is 4. The number of amides is 2. The third kappa shape index (κ3) is 7.46. The van der Waals surface area contributed by atoms with Crippen LogP contribution >= 0.6 is 15.9 Å². The Hall–Kier alpha value is -3.95. The van der Waals surface area contributed by atoms with Gasteiger partial charge < -0.3 is 10.2 Å². The van der Waals surface area contributed by atoms with E-state index in [1.165, 1.54) is 24.1 Å². The SMILES string of the molecule is CNC(=O)[C@H](Cc1ccccc1)N(Cc1ccc(Br)cc1)C(=O)CN(c1ccc(C)cc1C)S(=O)(=O)c1ccccc1. The lowest BCUT2D eigenvalue weighted by molar-refractivity contribution is -0.139. The van der Waals surface area contributed by atoms with Crippen molar-refractivity contribution in [3.8, 4) is 0 Å². The Morgan fingerprint density at radius 1 is 0.833 bits per heavy atom. The van der Waals surface area contributed by atoms with E-state index in [2.05, 4.69) is 21.2 Å². The Balaban J connectivity index is 1.80. The van der Waals surface area contributed by atoms with Crippen LogP contribution in [0.3, 0.4) is 0 Å². The van der Waals surface area contributed by atoms with Crippen LogP contribution in [-0.2, 0) is 32.6 Å². The molecule has 7 nitrogen and oxygen atoms in total. The van der Waals surface area contributed by atoms with Crippen molar-refractivity contribution in [3.05, 3.63) is 130 Å². The first-order valence-electron chi connectivity index (χ1n) is 13.5. The number of anilines is 1. The van der Waals surface area contributed by atoms with Gasteiger partial charge in [0.25, 0.3) is 10.0 Å². The fraction of sp³-hybridized carbons (Fsp3) is 0.212. The lowest BCUT2D eigenvalue weighted by Crippen LogP contribution is -2.53. The summed E-state index contributed by atoms with van der Waals surface area (Å²) in [4.78, 5) is 29.2. The topological polar surface area (TPSA) is 86.8 Å². The predicted octanol–water partition coefficient (Wildman–Crippen LogP) is 5.65. The van der Waals surface area contributed by atoms with Crippen molar-refractivity contribution >= 4 is 43.5 Å². The molecule has 0 bridgehead atoms. The molecule has 4 aromatic rings. The van der Waals surface area contributed by atoms with Crippen LogP contribution in [0, 0.1) is 13.8 Å². The highest BCUT2D eigenvalue weighted by molar-refractivity contribution is 9.10. The van der Waals surface area contributed by atoms with Gasteiger partial charge in [0.15, 0.2) is 0 Å². The molecular weight excluding hydrogens is 614 g/mol. The third-order valence-corrected chi connectivity index (χ3v) is 9.32. The lowest BCUT2D eigenvalue weighted by atomic mass is 10.0. The summed E-state index contributed by atoms with van der Waals surface area (Å²) in [6.07, 6.45) is 0.262. The van der Waals surface area contributed by atoms with E-state index in [-0.39, 0.29) is 23.8 Å². The Labute approximate surface area is 256 Å². The number of likely N-dealkylation sites (N-methyl/N-ethyl adjacent to an activating group) is 1. The second kappa shape index (κ2) is 13.8. The largest absolute Gasteiger partial charge is 0.357 e. The summed E-state index contributed by atoms with van der Waals surface area (Å²) in [5.41, 5.74) is 3.77. The summed E-state index contributed by atoms with van der Waals surface area (Å²) in [6.45, 7) is 3.38. The van der Waals surface area contributed by atoms with Crippen molar-refractivity contribution < 1.29 is 18.0 Å². The van der Waals surface area contributed by atoms with Gasteiger partial charge in [-0.05, 0) is 60.9 Å². The Morgan fingerprint density at radius 3 is 2.05 bits per heavy atom. The standard InChI is InChI=1S/C33H34BrN3O4S/c1-24-14-19-30(25(2)20-24)37(42(40,41)29-12-8-5-9-13-29)23-32(38)36(22-27-15-17-28(34)18-16-27)31(33(39)35-3)21-26-10-6-4-7-11-26/h4-20,31H,21-23H2,1-3H3,(H,35,39)/t31-/m0/s1. The fourth-order valence-electron chi connectivity index (χ4n) is 4.83. The monoisotopic (exact) mass is 647 g/mol. The minimum Gasteiger partial charge on any atom is -0.357 e. The normalized spacial score (nSPS) is 11.9. The molecule has 1 atom stereocenters. The molecule has 0 spiro atoms. The van der Waals surface area contributed by atoms with Gasteiger partial charge in [0.1, 0.15) is 12.6 Å². The van der Waals surface area contributed by atoms with Crippen molar-refractivity contribution in [2.45, 2.75) is 37.8 Å². The van der Waals surface area contributed by atoms with Crippen molar-refractivity contribution in [2.75, 3.05) is 17.9 Å². The van der Waals surface area contributed by atoms with Gasteiger partial charge in [0.05, 0.1) is 10.6 Å². The van der Waals surface area contributed by atoms with Gasteiger partial charge >= 0.3 is 0 Å². The minimum atomic E-state index is -4.13. The van der Waals surface area contributed by atoms with Gasteiger partial charge in [-0.2, -0.15) is 0 Å². The quantitative estimate of drug-likeness (QED) is 0.228. The number of aryl methyl sites for hydroxylation is 2. The van der Waals surface area contributed by atoms with Crippen LogP contribution in [0.1, 0.15) is 22.3 Å². The first-order valence-corrected chi connectivity index (χ1v) is 15.8. The molecule has 0 aromatic heterocycles.